The van der Waals surface area contributed by atoms with Gasteiger partial charge in [0, 0.05) is 0 Å². The summed E-state index contributed by atoms with van der Waals surface area (Å²) >= 11 is 5.62. The summed E-state index contributed by atoms with van der Waals surface area (Å²) in [5.74, 6) is 0.651. The Morgan fingerprint density at radius 2 is 2.33 bits per heavy atom. The number of hydrogen-bond acceptors (Lipinski definition) is 3. The van der Waals surface area contributed by atoms with Crippen molar-refractivity contribution in [3.8, 4) is 5.75 Å². The number of nitrogens with zero attached hydrogens (tertiary/aromatic N) is 1. The van der Waals surface area contributed by atoms with Crippen LogP contribution in [0.4, 0.5) is 0 Å². The number of nitrogens with one attached hydrogen (secondary N) is 1. The molecule has 0 aliphatic carbocycles. The van der Waals surface area contributed by atoms with Gasteiger partial charge in [-0.05, 0) is 25.1 Å². The van der Waals surface area contributed by atoms with Crippen molar-refractivity contribution in [3.05, 3.63) is 33.6 Å². The lowest BCUT2D eigenvalue weighted by atomic mass is 10.2. The van der Waals surface area contributed by atoms with Gasteiger partial charge < -0.3 is 4.74 Å². The van der Waals surface area contributed by atoms with E-state index in [1.165, 1.54) is 0 Å². The summed E-state index contributed by atoms with van der Waals surface area (Å²) in [5.41, 5.74) is 0.361. The molecule has 1 aromatic carbocycles. The third-order valence-electron chi connectivity index (χ3n) is 2.01. The Labute approximate surface area is 90.8 Å². The molecule has 0 amide bonds. The van der Waals surface area contributed by atoms with Gasteiger partial charge in [-0.2, -0.15) is 5.10 Å². The number of aromatic nitrogens is 2. The summed E-state index contributed by atoms with van der Waals surface area (Å²) in [6.07, 6.45) is 0. The molecule has 0 aliphatic heterocycles. The van der Waals surface area contributed by atoms with Gasteiger partial charge in [-0.3, -0.25) is 9.89 Å². The second-order valence-corrected chi connectivity index (χ2v) is 3.34. The lowest BCUT2D eigenvalue weighted by molar-refractivity contribution is 0.340. The molecule has 0 fully saturated rings. The molecule has 0 saturated carbocycles. The minimum Gasteiger partial charge on any atom is -0.494 e. The fourth-order valence-corrected chi connectivity index (χ4v) is 1.48. The van der Waals surface area contributed by atoms with Crippen LogP contribution >= 0.6 is 11.6 Å². The number of aromatic amines is 1. The summed E-state index contributed by atoms with van der Waals surface area (Å²) in [6, 6.07) is 5.17. The van der Waals surface area contributed by atoms with Gasteiger partial charge in [0.05, 0.1) is 17.5 Å². The van der Waals surface area contributed by atoms with E-state index in [4.69, 9.17) is 16.3 Å². The van der Waals surface area contributed by atoms with E-state index >= 15 is 0 Å². The lowest BCUT2D eigenvalue weighted by Crippen LogP contribution is -2.06. The summed E-state index contributed by atoms with van der Waals surface area (Å²) in [6.45, 7) is 2.44. The molecular weight excluding hydrogens is 216 g/mol. The highest BCUT2D eigenvalue weighted by Crippen LogP contribution is 2.17. The molecule has 0 unspecified atom stereocenters. The van der Waals surface area contributed by atoms with Crippen molar-refractivity contribution in [3.63, 3.8) is 0 Å². The molecule has 78 valence electrons. The first-order valence-corrected chi connectivity index (χ1v) is 4.91. The average molecular weight is 225 g/mol. The van der Waals surface area contributed by atoms with E-state index in [0.29, 0.717) is 23.3 Å². The van der Waals surface area contributed by atoms with Gasteiger partial charge in [-0.25, -0.2) is 0 Å². The van der Waals surface area contributed by atoms with Gasteiger partial charge in [-0.1, -0.05) is 11.6 Å². The van der Waals surface area contributed by atoms with Crippen LogP contribution < -0.4 is 10.2 Å². The maximum Gasteiger partial charge on any atom is 0.227 e. The minimum atomic E-state index is -0.285. The SMILES string of the molecule is CCOc1ccc2[nH]nc(Cl)c(=O)c2c1. The molecule has 2 aromatic rings. The van der Waals surface area contributed by atoms with E-state index in [0.717, 1.165) is 0 Å². The molecule has 4 nitrogen and oxygen atoms in total. The largest absolute Gasteiger partial charge is 0.494 e. The van der Waals surface area contributed by atoms with Crippen molar-refractivity contribution in [1.82, 2.24) is 10.2 Å². The maximum absolute atomic E-state index is 11.6. The second kappa shape index (κ2) is 3.90. The number of ether oxygens (including phenoxy) is 1. The average Bonchev–Trinajstić information content (AvgIpc) is 2.25. The molecule has 2 rings (SSSR count). The first-order valence-electron chi connectivity index (χ1n) is 4.53. The first kappa shape index (κ1) is 9.98. The standard InChI is InChI=1S/C10H9ClN2O2/c1-2-15-6-3-4-8-7(5-6)9(14)10(11)13-12-8/h3-5H,2H2,1H3,(H,12,14). The van der Waals surface area contributed by atoms with Gasteiger partial charge in [0.1, 0.15) is 5.75 Å². The third kappa shape index (κ3) is 1.80. The molecule has 15 heavy (non-hydrogen) atoms. The Bertz CT molecular complexity index is 551. The number of fused-ring (bicyclic) bond motifs is 1. The summed E-state index contributed by atoms with van der Waals surface area (Å²) in [7, 11) is 0. The zero-order valence-electron chi connectivity index (χ0n) is 8.08. The van der Waals surface area contributed by atoms with E-state index in [1.54, 1.807) is 18.2 Å². The van der Waals surface area contributed by atoms with E-state index in [1.807, 2.05) is 6.92 Å². The predicted octanol–water partition coefficient (Wildman–Crippen LogP) is 1.98. The Morgan fingerprint density at radius 3 is 3.07 bits per heavy atom. The van der Waals surface area contributed by atoms with Crippen molar-refractivity contribution >= 4 is 22.5 Å². The van der Waals surface area contributed by atoms with Crippen molar-refractivity contribution < 1.29 is 4.74 Å². The molecule has 0 spiro atoms. The predicted molar refractivity (Wildman–Crippen MR) is 58.5 cm³/mol. The molecule has 0 bridgehead atoms. The topological polar surface area (TPSA) is 55.0 Å². The number of hydrogen-bond donors (Lipinski definition) is 1. The summed E-state index contributed by atoms with van der Waals surface area (Å²) in [5, 5.41) is 6.79. The van der Waals surface area contributed by atoms with Crippen LogP contribution in [0.3, 0.4) is 0 Å². The number of benzene rings is 1. The van der Waals surface area contributed by atoms with Crippen LogP contribution in [0, 0.1) is 0 Å². The Kier molecular flexibility index (Phi) is 2.60. The summed E-state index contributed by atoms with van der Waals surface area (Å²) < 4.78 is 5.29. The zero-order valence-corrected chi connectivity index (χ0v) is 8.84. The molecule has 0 saturated heterocycles. The molecule has 0 atom stereocenters. The molecule has 1 aromatic heterocycles. The number of halogens is 1. The number of H-pyrrole nitrogens is 1. The summed E-state index contributed by atoms with van der Waals surface area (Å²) in [4.78, 5) is 11.6. The quantitative estimate of drug-likeness (QED) is 0.849. The van der Waals surface area contributed by atoms with Gasteiger partial charge in [0.25, 0.3) is 0 Å². The van der Waals surface area contributed by atoms with Crippen molar-refractivity contribution in [2.24, 2.45) is 0 Å². The van der Waals surface area contributed by atoms with Crippen LogP contribution in [-0.4, -0.2) is 16.8 Å². The normalized spacial score (nSPS) is 10.5. The number of rotatable bonds is 2. The Hall–Kier alpha value is -1.55. The van der Waals surface area contributed by atoms with Crippen LogP contribution in [0.1, 0.15) is 6.92 Å². The molecule has 0 aliphatic rings. The molecule has 1 N–H and O–H groups in total. The maximum atomic E-state index is 11.6. The minimum absolute atomic E-state index is 0.0591. The van der Waals surface area contributed by atoms with Crippen LogP contribution in [0.15, 0.2) is 23.0 Å². The molecule has 1 heterocycles. The molecule has 5 heteroatoms. The molecular formula is C10H9ClN2O2. The molecule has 0 radical (unpaired) electrons. The first-order chi connectivity index (χ1) is 7.22. The van der Waals surface area contributed by atoms with E-state index in [9.17, 15) is 4.79 Å². The fraction of sp³-hybridized carbons (Fsp3) is 0.200. The van der Waals surface area contributed by atoms with Gasteiger partial charge in [0.2, 0.25) is 5.43 Å². The van der Waals surface area contributed by atoms with Gasteiger partial charge in [-0.15, -0.1) is 0 Å². The zero-order chi connectivity index (χ0) is 10.8. The smallest absolute Gasteiger partial charge is 0.227 e. The highest BCUT2D eigenvalue weighted by atomic mass is 35.5. The van der Waals surface area contributed by atoms with Crippen molar-refractivity contribution in [2.45, 2.75) is 6.92 Å². The second-order valence-electron chi connectivity index (χ2n) is 2.98. The van der Waals surface area contributed by atoms with Crippen molar-refractivity contribution in [1.29, 1.82) is 0 Å². The van der Waals surface area contributed by atoms with E-state index < -0.39 is 0 Å². The van der Waals surface area contributed by atoms with Gasteiger partial charge >= 0.3 is 0 Å². The van der Waals surface area contributed by atoms with Gasteiger partial charge in [0.15, 0.2) is 5.15 Å². The van der Waals surface area contributed by atoms with E-state index in [2.05, 4.69) is 10.2 Å². The van der Waals surface area contributed by atoms with Crippen LogP contribution in [-0.2, 0) is 0 Å². The highest BCUT2D eigenvalue weighted by Gasteiger charge is 2.05. The lowest BCUT2D eigenvalue weighted by Gasteiger charge is -2.03. The van der Waals surface area contributed by atoms with Crippen molar-refractivity contribution in [2.75, 3.05) is 6.61 Å². The monoisotopic (exact) mass is 224 g/mol. The Balaban J connectivity index is 2.68. The highest BCUT2D eigenvalue weighted by molar-refractivity contribution is 6.29. The van der Waals surface area contributed by atoms with Crippen LogP contribution in [0.2, 0.25) is 5.15 Å². The van der Waals surface area contributed by atoms with E-state index in [-0.39, 0.29) is 10.6 Å². The third-order valence-corrected chi connectivity index (χ3v) is 2.26. The van der Waals surface area contributed by atoms with Crippen LogP contribution in [0.25, 0.3) is 10.9 Å². The Morgan fingerprint density at radius 1 is 1.53 bits per heavy atom. The van der Waals surface area contributed by atoms with Crippen LogP contribution in [0.5, 0.6) is 5.75 Å². The fourth-order valence-electron chi connectivity index (χ4n) is 1.34.